The van der Waals surface area contributed by atoms with Gasteiger partial charge in [-0.25, -0.2) is 0 Å². The van der Waals surface area contributed by atoms with Crippen LogP contribution in [-0.4, -0.2) is 17.8 Å². The molecule has 0 aromatic carbocycles. The van der Waals surface area contributed by atoms with E-state index < -0.39 is 6.10 Å². The van der Waals surface area contributed by atoms with Gasteiger partial charge < -0.3 is 5.11 Å². The number of nitrogens with zero attached hydrogens (tertiary/aromatic N) is 3. The molecule has 0 radical (unpaired) electrons. The molecule has 0 aromatic heterocycles. The van der Waals surface area contributed by atoms with Crippen molar-refractivity contribution in [1.29, 1.82) is 0 Å². The van der Waals surface area contributed by atoms with Crippen molar-refractivity contribution in [3.8, 4) is 0 Å². The van der Waals surface area contributed by atoms with Crippen LogP contribution in [-0.2, 0) is 0 Å². The molecule has 0 saturated carbocycles. The van der Waals surface area contributed by atoms with Crippen molar-refractivity contribution in [1.82, 2.24) is 0 Å². The summed E-state index contributed by atoms with van der Waals surface area (Å²) in [6.45, 7) is 6.44. The van der Waals surface area contributed by atoms with E-state index in [2.05, 4.69) is 30.8 Å². The lowest BCUT2D eigenvalue weighted by molar-refractivity contribution is 0.118. The van der Waals surface area contributed by atoms with Crippen molar-refractivity contribution in [2.45, 2.75) is 39.7 Å². The van der Waals surface area contributed by atoms with Crippen molar-refractivity contribution in [3.05, 3.63) is 10.4 Å². The topological polar surface area (TPSA) is 69.0 Å². The van der Waals surface area contributed by atoms with Crippen LogP contribution < -0.4 is 0 Å². The number of aliphatic hydroxyl groups is 1. The summed E-state index contributed by atoms with van der Waals surface area (Å²) in [5, 5.41) is 12.7. The molecule has 0 amide bonds. The minimum Gasteiger partial charge on any atom is -0.393 e. The Morgan fingerprint density at radius 2 is 2.17 bits per heavy atom. The maximum absolute atomic E-state index is 9.38. The van der Waals surface area contributed by atoms with Crippen LogP contribution in [0.15, 0.2) is 5.11 Å². The fraction of sp³-hybridized carbons (Fsp3) is 1.00. The predicted molar refractivity (Wildman–Crippen MR) is 48.7 cm³/mol. The second kappa shape index (κ2) is 5.01. The molecule has 12 heavy (non-hydrogen) atoms. The van der Waals surface area contributed by atoms with Crippen LogP contribution in [0, 0.1) is 5.41 Å². The van der Waals surface area contributed by atoms with Crippen LogP contribution in [0.2, 0.25) is 0 Å². The van der Waals surface area contributed by atoms with Gasteiger partial charge in [-0.3, -0.25) is 0 Å². The van der Waals surface area contributed by atoms with Gasteiger partial charge in [0.2, 0.25) is 0 Å². The highest BCUT2D eigenvalue weighted by molar-refractivity contribution is 4.72. The minimum atomic E-state index is -0.504. The van der Waals surface area contributed by atoms with E-state index in [1.807, 2.05) is 0 Å². The molecular formula is C8H17N3O. The molecule has 0 fully saturated rings. The van der Waals surface area contributed by atoms with Gasteiger partial charge >= 0.3 is 0 Å². The molecule has 70 valence electrons. The summed E-state index contributed by atoms with van der Waals surface area (Å²) < 4.78 is 0. The molecule has 1 unspecified atom stereocenters. The van der Waals surface area contributed by atoms with Crippen molar-refractivity contribution < 1.29 is 5.11 Å². The van der Waals surface area contributed by atoms with Gasteiger partial charge in [0.1, 0.15) is 0 Å². The summed E-state index contributed by atoms with van der Waals surface area (Å²) in [6.07, 6.45) is 1.19. The van der Waals surface area contributed by atoms with Gasteiger partial charge in [0.25, 0.3) is 0 Å². The van der Waals surface area contributed by atoms with Crippen molar-refractivity contribution in [2.24, 2.45) is 10.5 Å². The molecule has 4 nitrogen and oxygen atoms in total. The first kappa shape index (κ1) is 11.3. The standard InChI is InChI=1S/C8H17N3O/c1-4-8(2,3)5-7(12)6-10-11-9/h7,12H,4-6H2,1-3H3. The van der Waals surface area contributed by atoms with Crippen LogP contribution in [0.25, 0.3) is 10.4 Å². The normalized spacial score (nSPS) is 13.7. The Bertz CT molecular complexity index is 173. The predicted octanol–water partition coefficient (Wildman–Crippen LogP) is 2.48. The van der Waals surface area contributed by atoms with Gasteiger partial charge in [-0.1, -0.05) is 32.3 Å². The average Bonchev–Trinajstić information content (AvgIpc) is 2.00. The van der Waals surface area contributed by atoms with Crippen LogP contribution in [0.4, 0.5) is 0 Å². The van der Waals surface area contributed by atoms with E-state index in [-0.39, 0.29) is 12.0 Å². The molecule has 1 N–H and O–H groups in total. The molecule has 0 aliphatic heterocycles. The Kier molecular flexibility index (Phi) is 4.71. The van der Waals surface area contributed by atoms with Crippen molar-refractivity contribution >= 4 is 0 Å². The summed E-state index contributed by atoms with van der Waals surface area (Å²) >= 11 is 0. The smallest absolute Gasteiger partial charge is 0.0601 e. The lowest BCUT2D eigenvalue weighted by Crippen LogP contribution is -2.21. The molecule has 0 bridgehead atoms. The number of aliphatic hydroxyl groups excluding tert-OH is 1. The Morgan fingerprint density at radius 1 is 1.58 bits per heavy atom. The van der Waals surface area contributed by atoms with Crippen LogP contribution in [0.3, 0.4) is 0 Å². The zero-order chi connectivity index (χ0) is 9.61. The highest BCUT2D eigenvalue weighted by Gasteiger charge is 2.19. The average molecular weight is 171 g/mol. The van der Waals surface area contributed by atoms with E-state index >= 15 is 0 Å². The molecular weight excluding hydrogens is 154 g/mol. The van der Waals surface area contributed by atoms with E-state index in [0.717, 1.165) is 6.42 Å². The number of rotatable bonds is 5. The second-order valence-corrected chi connectivity index (χ2v) is 3.79. The van der Waals surface area contributed by atoms with Gasteiger partial charge in [-0.15, -0.1) is 0 Å². The third-order valence-corrected chi connectivity index (χ3v) is 2.10. The Morgan fingerprint density at radius 3 is 2.58 bits per heavy atom. The molecule has 0 aliphatic rings. The number of azide groups is 1. The van der Waals surface area contributed by atoms with E-state index in [1.165, 1.54) is 0 Å². The first-order chi connectivity index (χ1) is 5.52. The lowest BCUT2D eigenvalue weighted by Gasteiger charge is -2.24. The molecule has 0 aliphatic carbocycles. The molecule has 4 heteroatoms. The van der Waals surface area contributed by atoms with Gasteiger partial charge in [-0.05, 0) is 17.4 Å². The maximum Gasteiger partial charge on any atom is 0.0601 e. The Labute approximate surface area is 73.2 Å². The summed E-state index contributed by atoms with van der Waals surface area (Å²) in [6, 6.07) is 0. The summed E-state index contributed by atoms with van der Waals surface area (Å²) in [4.78, 5) is 2.60. The highest BCUT2D eigenvalue weighted by atomic mass is 16.3. The zero-order valence-corrected chi connectivity index (χ0v) is 7.99. The summed E-state index contributed by atoms with van der Waals surface area (Å²) in [7, 11) is 0. The fourth-order valence-corrected chi connectivity index (χ4v) is 0.978. The summed E-state index contributed by atoms with van der Waals surface area (Å²) in [5.74, 6) is 0. The molecule has 0 spiro atoms. The lowest BCUT2D eigenvalue weighted by atomic mass is 9.84. The van der Waals surface area contributed by atoms with E-state index in [9.17, 15) is 5.11 Å². The van der Waals surface area contributed by atoms with Gasteiger partial charge in [-0.2, -0.15) is 0 Å². The van der Waals surface area contributed by atoms with Crippen molar-refractivity contribution in [3.63, 3.8) is 0 Å². The molecule has 0 saturated heterocycles. The van der Waals surface area contributed by atoms with Crippen LogP contribution >= 0.6 is 0 Å². The monoisotopic (exact) mass is 171 g/mol. The van der Waals surface area contributed by atoms with E-state index in [0.29, 0.717) is 6.42 Å². The Balaban J connectivity index is 3.82. The third-order valence-electron chi connectivity index (χ3n) is 2.10. The second-order valence-electron chi connectivity index (χ2n) is 3.79. The highest BCUT2D eigenvalue weighted by Crippen LogP contribution is 2.26. The third kappa shape index (κ3) is 4.99. The van der Waals surface area contributed by atoms with E-state index in [4.69, 9.17) is 5.53 Å². The minimum absolute atomic E-state index is 0.129. The maximum atomic E-state index is 9.38. The molecule has 0 aromatic rings. The zero-order valence-electron chi connectivity index (χ0n) is 7.99. The van der Waals surface area contributed by atoms with E-state index in [1.54, 1.807) is 0 Å². The van der Waals surface area contributed by atoms with Crippen molar-refractivity contribution in [2.75, 3.05) is 6.54 Å². The molecule has 1 atom stereocenters. The van der Waals surface area contributed by atoms with Gasteiger partial charge in [0.15, 0.2) is 0 Å². The summed E-state index contributed by atoms with van der Waals surface area (Å²) in [5.41, 5.74) is 8.15. The fourth-order valence-electron chi connectivity index (χ4n) is 0.978. The largest absolute Gasteiger partial charge is 0.393 e. The quantitative estimate of drug-likeness (QED) is 0.385. The SMILES string of the molecule is CCC(C)(C)CC(O)CN=[N+]=[N-]. The molecule has 0 heterocycles. The van der Waals surface area contributed by atoms with Gasteiger partial charge in [0, 0.05) is 4.91 Å². The van der Waals surface area contributed by atoms with Crippen LogP contribution in [0.5, 0.6) is 0 Å². The number of hydrogen-bond donors (Lipinski definition) is 1. The first-order valence-electron chi connectivity index (χ1n) is 4.21. The molecule has 0 rings (SSSR count). The van der Waals surface area contributed by atoms with Crippen LogP contribution in [0.1, 0.15) is 33.6 Å². The Hall–Kier alpha value is -0.730. The number of hydrogen-bond acceptors (Lipinski definition) is 2. The van der Waals surface area contributed by atoms with Gasteiger partial charge in [0.05, 0.1) is 12.6 Å². The first-order valence-corrected chi connectivity index (χ1v) is 4.21.